The van der Waals surface area contributed by atoms with Crippen molar-refractivity contribution < 1.29 is 4.74 Å². The molecule has 0 amide bonds. The monoisotopic (exact) mass is 405 g/mol. The molecule has 0 unspecified atom stereocenters. The van der Waals surface area contributed by atoms with Crippen molar-refractivity contribution >= 4 is 5.95 Å². The van der Waals surface area contributed by atoms with Gasteiger partial charge in [0.2, 0.25) is 5.95 Å². The topological polar surface area (TPSA) is 83.1 Å². The number of rotatable bonds is 7. The number of methoxy groups -OCH3 is 1. The molecule has 3 heterocycles. The van der Waals surface area contributed by atoms with Crippen molar-refractivity contribution in [2.75, 3.05) is 25.5 Å². The average Bonchev–Trinajstić information content (AvgIpc) is 2.79. The summed E-state index contributed by atoms with van der Waals surface area (Å²) >= 11 is 0. The smallest absolute Gasteiger partial charge is 0.252 e. The summed E-state index contributed by atoms with van der Waals surface area (Å²) in [5.41, 5.74) is 2.98. The van der Waals surface area contributed by atoms with Crippen LogP contribution in [0.25, 0.3) is 0 Å². The lowest BCUT2D eigenvalue weighted by Crippen LogP contribution is -2.33. The lowest BCUT2D eigenvalue weighted by atomic mass is 9.93. The van der Waals surface area contributed by atoms with E-state index in [-0.39, 0.29) is 5.56 Å². The van der Waals surface area contributed by atoms with Crippen LogP contribution in [0.2, 0.25) is 0 Å². The Bertz CT molecular complexity index is 1010. The zero-order chi connectivity index (χ0) is 20.8. The predicted molar refractivity (Wildman–Crippen MR) is 117 cm³/mol. The normalized spacial score (nSPS) is 15.1. The van der Waals surface area contributed by atoms with Gasteiger partial charge in [0.15, 0.2) is 0 Å². The Morgan fingerprint density at radius 1 is 1.20 bits per heavy atom. The van der Waals surface area contributed by atoms with Gasteiger partial charge in [-0.05, 0) is 43.6 Å². The van der Waals surface area contributed by atoms with Crippen molar-refractivity contribution in [1.29, 1.82) is 0 Å². The van der Waals surface area contributed by atoms with Gasteiger partial charge in [0, 0.05) is 43.0 Å². The van der Waals surface area contributed by atoms with Crippen molar-refractivity contribution in [1.82, 2.24) is 19.9 Å². The first-order valence-electron chi connectivity index (χ1n) is 10.3. The maximum absolute atomic E-state index is 12.2. The average molecular weight is 406 g/mol. The fourth-order valence-electron chi connectivity index (χ4n) is 3.93. The van der Waals surface area contributed by atoms with E-state index in [1.54, 1.807) is 19.4 Å². The highest BCUT2D eigenvalue weighted by atomic mass is 16.5. The first-order valence-corrected chi connectivity index (χ1v) is 10.3. The van der Waals surface area contributed by atoms with Crippen LogP contribution >= 0.6 is 0 Å². The fourth-order valence-corrected chi connectivity index (χ4v) is 3.93. The third kappa shape index (κ3) is 5.04. The molecule has 4 rings (SSSR count). The molecule has 156 valence electrons. The third-order valence-corrected chi connectivity index (χ3v) is 5.54. The summed E-state index contributed by atoms with van der Waals surface area (Å²) in [6.45, 7) is 3.41. The van der Waals surface area contributed by atoms with Crippen LogP contribution in [0.4, 0.5) is 5.95 Å². The minimum absolute atomic E-state index is 0.125. The number of anilines is 1. The lowest BCUT2D eigenvalue weighted by molar-refractivity contribution is 0.203. The number of aromatic nitrogens is 3. The molecule has 0 atom stereocenters. The van der Waals surface area contributed by atoms with E-state index in [0.29, 0.717) is 18.4 Å². The molecule has 0 aliphatic carbocycles. The van der Waals surface area contributed by atoms with Crippen molar-refractivity contribution in [2.45, 2.75) is 31.8 Å². The minimum atomic E-state index is -0.125. The van der Waals surface area contributed by atoms with E-state index in [1.807, 2.05) is 36.5 Å². The van der Waals surface area contributed by atoms with Crippen molar-refractivity contribution in [3.05, 3.63) is 82.0 Å². The van der Waals surface area contributed by atoms with Crippen LogP contribution in [0.15, 0.2) is 59.7 Å². The van der Waals surface area contributed by atoms with Gasteiger partial charge in [-0.25, -0.2) is 4.98 Å². The highest BCUT2D eigenvalue weighted by Gasteiger charge is 2.22. The first kappa shape index (κ1) is 20.1. The second-order valence-corrected chi connectivity index (χ2v) is 7.60. The van der Waals surface area contributed by atoms with Crippen molar-refractivity contribution in [3.8, 4) is 5.75 Å². The van der Waals surface area contributed by atoms with Crippen LogP contribution < -0.4 is 15.6 Å². The van der Waals surface area contributed by atoms with Crippen LogP contribution in [-0.2, 0) is 13.1 Å². The number of benzene rings is 1. The van der Waals surface area contributed by atoms with Gasteiger partial charge in [-0.3, -0.25) is 19.7 Å². The quantitative estimate of drug-likeness (QED) is 0.628. The highest BCUT2D eigenvalue weighted by Crippen LogP contribution is 2.27. The molecule has 3 aromatic rings. The van der Waals surface area contributed by atoms with Crippen molar-refractivity contribution in [2.24, 2.45) is 0 Å². The Hall–Kier alpha value is -3.19. The molecule has 7 heteroatoms. The molecule has 2 aromatic heterocycles. The van der Waals surface area contributed by atoms with E-state index in [4.69, 9.17) is 9.72 Å². The molecular formula is C23H27N5O2. The second kappa shape index (κ2) is 9.54. The summed E-state index contributed by atoms with van der Waals surface area (Å²) in [6.07, 6.45) is 5.70. The van der Waals surface area contributed by atoms with Gasteiger partial charge >= 0.3 is 0 Å². The second-order valence-electron chi connectivity index (χ2n) is 7.60. The van der Waals surface area contributed by atoms with Gasteiger partial charge in [-0.15, -0.1) is 0 Å². The Morgan fingerprint density at radius 3 is 2.80 bits per heavy atom. The number of likely N-dealkylation sites (tertiary alicyclic amines) is 1. The first-order chi connectivity index (χ1) is 14.7. The molecule has 0 spiro atoms. The summed E-state index contributed by atoms with van der Waals surface area (Å²) < 4.78 is 5.39. The SMILES string of the molecule is COc1ccccc1CNc1nc(C2CCN(Cc3cccnc3)CC2)cc(=O)[nH]1. The van der Waals surface area contributed by atoms with Gasteiger partial charge in [0.05, 0.1) is 12.8 Å². The molecule has 1 aliphatic rings. The largest absolute Gasteiger partial charge is 0.496 e. The Kier molecular flexibility index (Phi) is 6.39. The lowest BCUT2D eigenvalue weighted by Gasteiger charge is -2.31. The summed E-state index contributed by atoms with van der Waals surface area (Å²) in [4.78, 5) is 26.3. The Morgan fingerprint density at radius 2 is 2.03 bits per heavy atom. The molecule has 1 fully saturated rings. The third-order valence-electron chi connectivity index (χ3n) is 5.54. The molecule has 1 aliphatic heterocycles. The zero-order valence-electron chi connectivity index (χ0n) is 17.2. The number of ether oxygens (including phenoxy) is 1. The summed E-state index contributed by atoms with van der Waals surface area (Å²) in [5.74, 6) is 1.61. The molecule has 1 saturated heterocycles. The Balaban J connectivity index is 1.38. The van der Waals surface area contributed by atoms with Gasteiger partial charge < -0.3 is 10.1 Å². The predicted octanol–water partition coefficient (Wildman–Crippen LogP) is 3.17. The van der Waals surface area contributed by atoms with E-state index < -0.39 is 0 Å². The van der Waals surface area contributed by atoms with Crippen LogP contribution in [-0.4, -0.2) is 40.1 Å². The summed E-state index contributed by atoms with van der Waals surface area (Å²) in [5, 5.41) is 3.23. The van der Waals surface area contributed by atoms with E-state index in [0.717, 1.165) is 49.5 Å². The van der Waals surface area contributed by atoms with Crippen LogP contribution in [0.3, 0.4) is 0 Å². The van der Waals surface area contributed by atoms with E-state index in [2.05, 4.69) is 26.3 Å². The molecule has 1 aromatic carbocycles. The number of nitrogens with zero attached hydrogens (tertiary/aromatic N) is 3. The van der Waals surface area contributed by atoms with Crippen molar-refractivity contribution in [3.63, 3.8) is 0 Å². The molecule has 2 N–H and O–H groups in total. The van der Waals surface area contributed by atoms with Gasteiger partial charge in [-0.2, -0.15) is 0 Å². The zero-order valence-corrected chi connectivity index (χ0v) is 17.2. The number of H-pyrrole nitrogens is 1. The van der Waals surface area contributed by atoms with E-state index >= 15 is 0 Å². The van der Waals surface area contributed by atoms with Gasteiger partial charge in [-0.1, -0.05) is 24.3 Å². The maximum Gasteiger partial charge on any atom is 0.252 e. The van der Waals surface area contributed by atoms with Crippen LogP contribution in [0, 0.1) is 0 Å². The molecule has 0 radical (unpaired) electrons. The van der Waals surface area contributed by atoms with Gasteiger partial charge in [0.25, 0.3) is 5.56 Å². The molecule has 0 bridgehead atoms. The highest BCUT2D eigenvalue weighted by molar-refractivity contribution is 5.37. The minimum Gasteiger partial charge on any atom is -0.496 e. The number of hydrogen-bond donors (Lipinski definition) is 2. The molecule has 0 saturated carbocycles. The maximum atomic E-state index is 12.2. The van der Waals surface area contributed by atoms with Crippen LogP contribution in [0.1, 0.15) is 35.6 Å². The number of nitrogens with one attached hydrogen (secondary N) is 2. The number of hydrogen-bond acceptors (Lipinski definition) is 6. The molecule has 30 heavy (non-hydrogen) atoms. The number of pyridine rings is 1. The van der Waals surface area contributed by atoms with Crippen LogP contribution in [0.5, 0.6) is 5.75 Å². The van der Waals surface area contributed by atoms with E-state index in [9.17, 15) is 4.79 Å². The molecule has 7 nitrogen and oxygen atoms in total. The molecular weight excluding hydrogens is 378 g/mol. The standard InChI is InChI=1S/C23H27N5O2/c1-30-21-7-3-2-6-19(21)15-25-23-26-20(13-22(29)27-23)18-8-11-28(12-9-18)16-17-5-4-10-24-14-17/h2-7,10,13-14,18H,8-9,11-12,15-16H2,1H3,(H2,25,26,27,29). The number of aromatic amines is 1. The Labute approximate surface area is 176 Å². The number of piperidine rings is 1. The summed E-state index contributed by atoms with van der Waals surface area (Å²) in [7, 11) is 1.65. The fraction of sp³-hybridized carbons (Fsp3) is 0.348. The van der Waals surface area contributed by atoms with E-state index in [1.165, 1.54) is 5.56 Å². The number of para-hydroxylation sites is 1. The summed E-state index contributed by atoms with van der Waals surface area (Å²) in [6, 6.07) is 13.5. The van der Waals surface area contributed by atoms with Gasteiger partial charge in [0.1, 0.15) is 5.75 Å².